The van der Waals surface area contributed by atoms with E-state index in [4.69, 9.17) is 0 Å². The molecular weight excluding hydrogens is 372 g/mol. The van der Waals surface area contributed by atoms with Crippen LogP contribution >= 0.6 is 34.9 Å². The highest BCUT2D eigenvalue weighted by Gasteiger charge is 2.12. The summed E-state index contributed by atoms with van der Waals surface area (Å²) in [5, 5.41) is 11.2. The van der Waals surface area contributed by atoms with Crippen molar-refractivity contribution in [1.82, 2.24) is 10.2 Å². The average Bonchev–Trinajstić information content (AvgIpc) is 3.31. The predicted octanol–water partition coefficient (Wildman–Crippen LogP) is 4.37. The molecule has 0 atom stereocenters. The molecule has 0 saturated carbocycles. The summed E-state index contributed by atoms with van der Waals surface area (Å²) in [6, 6.07) is 8.10. The van der Waals surface area contributed by atoms with Crippen molar-refractivity contribution in [3.63, 3.8) is 0 Å². The van der Waals surface area contributed by atoms with Gasteiger partial charge in [0.2, 0.25) is 5.91 Å². The maximum absolute atomic E-state index is 12.1. The predicted molar refractivity (Wildman–Crippen MR) is 108 cm³/mol. The van der Waals surface area contributed by atoms with Crippen LogP contribution in [-0.2, 0) is 4.79 Å². The van der Waals surface area contributed by atoms with Crippen LogP contribution in [0, 0.1) is 0 Å². The van der Waals surface area contributed by atoms with Crippen LogP contribution in [0.25, 0.3) is 0 Å². The molecule has 25 heavy (non-hydrogen) atoms. The molecule has 1 aliphatic heterocycles. The van der Waals surface area contributed by atoms with Gasteiger partial charge < -0.3 is 10.2 Å². The van der Waals surface area contributed by atoms with Crippen molar-refractivity contribution in [2.75, 3.05) is 34.8 Å². The number of carbonyl (C=O) groups excluding carboxylic acids is 1. The van der Waals surface area contributed by atoms with E-state index in [9.17, 15) is 4.79 Å². The van der Waals surface area contributed by atoms with Gasteiger partial charge in [0, 0.05) is 30.2 Å². The molecule has 134 valence electrons. The standard InChI is InChI=1S/C17H22N4OS3/c1-2-11-23-16-19-20-17(25-16)24-12-15(22)18-13-5-7-14(8-6-13)21-9-3-4-10-21/h5-8H,2-4,9-12H2,1H3,(H,18,22). The Hall–Kier alpha value is -1.25. The lowest BCUT2D eigenvalue weighted by atomic mass is 10.2. The Labute approximate surface area is 161 Å². The molecule has 0 spiro atoms. The Morgan fingerprint density at radius 2 is 1.84 bits per heavy atom. The van der Waals surface area contributed by atoms with Gasteiger partial charge in [-0.25, -0.2) is 0 Å². The zero-order valence-corrected chi connectivity index (χ0v) is 16.7. The molecular formula is C17H22N4OS3. The fourth-order valence-electron chi connectivity index (χ4n) is 2.56. The Kier molecular flexibility index (Phi) is 7.01. The van der Waals surface area contributed by atoms with E-state index in [1.807, 2.05) is 12.1 Å². The second-order valence-electron chi connectivity index (χ2n) is 5.76. The number of anilines is 2. The number of carbonyl (C=O) groups is 1. The van der Waals surface area contributed by atoms with Gasteiger partial charge in [-0.2, -0.15) is 0 Å². The molecule has 1 aromatic heterocycles. The van der Waals surface area contributed by atoms with Crippen LogP contribution in [0.15, 0.2) is 32.9 Å². The number of hydrogen-bond donors (Lipinski definition) is 1. The number of rotatable bonds is 8. The highest BCUT2D eigenvalue weighted by molar-refractivity contribution is 8.03. The van der Waals surface area contributed by atoms with Gasteiger partial charge in [-0.15, -0.1) is 10.2 Å². The Bertz CT molecular complexity index is 683. The Balaban J connectivity index is 1.45. The van der Waals surface area contributed by atoms with Gasteiger partial charge in [0.15, 0.2) is 8.68 Å². The first-order valence-corrected chi connectivity index (χ1v) is 11.3. The third-order valence-corrected chi connectivity index (χ3v) is 7.16. The molecule has 1 fully saturated rings. The van der Waals surface area contributed by atoms with E-state index >= 15 is 0 Å². The molecule has 0 aliphatic carbocycles. The number of nitrogens with zero attached hydrogens (tertiary/aromatic N) is 3. The number of benzene rings is 1. The SMILES string of the molecule is CCCSc1nnc(SCC(=O)Nc2ccc(N3CCCC3)cc2)s1. The largest absolute Gasteiger partial charge is 0.372 e. The molecule has 0 radical (unpaired) electrons. The van der Waals surface area contributed by atoms with Gasteiger partial charge in [0.05, 0.1) is 5.75 Å². The molecule has 1 aromatic carbocycles. The van der Waals surface area contributed by atoms with Gasteiger partial charge in [-0.05, 0) is 43.5 Å². The highest BCUT2D eigenvalue weighted by Crippen LogP contribution is 2.29. The Morgan fingerprint density at radius 1 is 1.16 bits per heavy atom. The van der Waals surface area contributed by atoms with Crippen molar-refractivity contribution in [3.8, 4) is 0 Å². The second-order valence-corrected chi connectivity index (χ2v) is 9.30. The van der Waals surface area contributed by atoms with Gasteiger partial charge in [-0.1, -0.05) is 41.8 Å². The fraction of sp³-hybridized carbons (Fsp3) is 0.471. The average molecular weight is 395 g/mol. The fourth-order valence-corrected chi connectivity index (χ4v) is 5.30. The van der Waals surface area contributed by atoms with Crippen molar-refractivity contribution in [1.29, 1.82) is 0 Å². The summed E-state index contributed by atoms with van der Waals surface area (Å²) in [4.78, 5) is 14.5. The van der Waals surface area contributed by atoms with Crippen LogP contribution in [0.4, 0.5) is 11.4 Å². The zero-order chi connectivity index (χ0) is 17.5. The molecule has 2 aromatic rings. The van der Waals surface area contributed by atoms with Crippen molar-refractivity contribution in [2.45, 2.75) is 34.9 Å². The molecule has 1 amide bonds. The number of thioether (sulfide) groups is 2. The molecule has 5 nitrogen and oxygen atoms in total. The summed E-state index contributed by atoms with van der Waals surface area (Å²) >= 11 is 4.71. The van der Waals surface area contributed by atoms with E-state index in [0.29, 0.717) is 5.75 Å². The van der Waals surface area contributed by atoms with Crippen molar-refractivity contribution >= 4 is 52.1 Å². The smallest absolute Gasteiger partial charge is 0.234 e. The zero-order valence-electron chi connectivity index (χ0n) is 14.2. The summed E-state index contributed by atoms with van der Waals surface area (Å²) in [6.45, 7) is 4.40. The maximum Gasteiger partial charge on any atom is 0.234 e. The summed E-state index contributed by atoms with van der Waals surface area (Å²) < 4.78 is 1.82. The van der Waals surface area contributed by atoms with Crippen LogP contribution < -0.4 is 10.2 Å². The van der Waals surface area contributed by atoms with Gasteiger partial charge in [0.25, 0.3) is 0 Å². The first-order valence-electron chi connectivity index (χ1n) is 8.48. The van der Waals surface area contributed by atoms with Crippen LogP contribution in [-0.4, -0.2) is 40.7 Å². The monoisotopic (exact) mass is 394 g/mol. The number of amides is 1. The topological polar surface area (TPSA) is 58.1 Å². The van der Waals surface area contributed by atoms with E-state index in [1.54, 1.807) is 23.1 Å². The Morgan fingerprint density at radius 3 is 2.52 bits per heavy atom. The van der Waals surface area contributed by atoms with Gasteiger partial charge >= 0.3 is 0 Å². The molecule has 0 bridgehead atoms. The maximum atomic E-state index is 12.1. The highest BCUT2D eigenvalue weighted by atomic mass is 32.2. The summed E-state index contributed by atoms with van der Waals surface area (Å²) in [6.07, 6.45) is 3.64. The first-order chi connectivity index (χ1) is 12.2. The van der Waals surface area contributed by atoms with Crippen LogP contribution in [0.3, 0.4) is 0 Å². The molecule has 1 saturated heterocycles. The van der Waals surface area contributed by atoms with E-state index in [-0.39, 0.29) is 5.91 Å². The second kappa shape index (κ2) is 9.45. The van der Waals surface area contributed by atoms with E-state index in [1.165, 1.54) is 30.3 Å². The summed E-state index contributed by atoms with van der Waals surface area (Å²) in [5.74, 6) is 1.38. The third kappa shape index (κ3) is 5.62. The summed E-state index contributed by atoms with van der Waals surface area (Å²) in [5.41, 5.74) is 2.07. The lowest BCUT2D eigenvalue weighted by molar-refractivity contribution is -0.113. The molecule has 8 heteroatoms. The molecule has 0 unspecified atom stereocenters. The first kappa shape index (κ1) is 18.5. The van der Waals surface area contributed by atoms with E-state index < -0.39 is 0 Å². The summed E-state index contributed by atoms with van der Waals surface area (Å²) in [7, 11) is 0. The van der Waals surface area contributed by atoms with Crippen molar-refractivity contribution in [2.24, 2.45) is 0 Å². The van der Waals surface area contributed by atoms with E-state index in [2.05, 4.69) is 39.5 Å². The number of hydrogen-bond acceptors (Lipinski definition) is 7. The van der Waals surface area contributed by atoms with Crippen LogP contribution in [0.2, 0.25) is 0 Å². The molecule has 1 N–H and O–H groups in total. The lowest BCUT2D eigenvalue weighted by Gasteiger charge is -2.17. The molecule has 2 heterocycles. The molecule has 1 aliphatic rings. The van der Waals surface area contributed by atoms with Crippen LogP contribution in [0.5, 0.6) is 0 Å². The van der Waals surface area contributed by atoms with E-state index in [0.717, 1.165) is 39.6 Å². The minimum absolute atomic E-state index is 0.0168. The van der Waals surface area contributed by atoms with Crippen molar-refractivity contribution in [3.05, 3.63) is 24.3 Å². The van der Waals surface area contributed by atoms with Crippen LogP contribution in [0.1, 0.15) is 26.2 Å². The lowest BCUT2D eigenvalue weighted by Crippen LogP contribution is -2.18. The third-order valence-electron chi connectivity index (χ3n) is 3.77. The van der Waals surface area contributed by atoms with Gasteiger partial charge in [-0.3, -0.25) is 4.79 Å². The number of nitrogens with one attached hydrogen (secondary N) is 1. The van der Waals surface area contributed by atoms with Gasteiger partial charge in [0.1, 0.15) is 0 Å². The quantitative estimate of drug-likeness (QED) is 0.671. The van der Waals surface area contributed by atoms with Crippen molar-refractivity contribution < 1.29 is 4.79 Å². The minimum Gasteiger partial charge on any atom is -0.372 e. The minimum atomic E-state index is -0.0168. The molecule has 3 rings (SSSR count). The number of aromatic nitrogens is 2. The normalized spacial score (nSPS) is 14.0.